The highest BCUT2D eigenvalue weighted by Crippen LogP contribution is 2.43. The molecule has 19 heavy (non-hydrogen) atoms. The summed E-state index contributed by atoms with van der Waals surface area (Å²) in [6.07, 6.45) is 3.91. The van der Waals surface area contributed by atoms with Crippen molar-refractivity contribution in [1.82, 2.24) is 10.3 Å². The molecule has 0 unspecified atom stereocenters. The molecule has 5 heteroatoms. The van der Waals surface area contributed by atoms with Gasteiger partial charge in [0.25, 0.3) is 0 Å². The molecule has 0 amide bonds. The van der Waals surface area contributed by atoms with Gasteiger partial charge < -0.3 is 10.1 Å². The van der Waals surface area contributed by atoms with E-state index < -0.39 is 0 Å². The second kappa shape index (κ2) is 8.25. The number of nitrogens with one attached hydrogen (secondary N) is 1. The Morgan fingerprint density at radius 1 is 1.47 bits per heavy atom. The summed E-state index contributed by atoms with van der Waals surface area (Å²) in [4.78, 5) is 6.32. The van der Waals surface area contributed by atoms with Gasteiger partial charge in [-0.1, -0.05) is 6.92 Å². The number of thiazole rings is 1. The van der Waals surface area contributed by atoms with Crippen molar-refractivity contribution in [3.8, 4) is 0 Å². The predicted molar refractivity (Wildman–Crippen MR) is 84.1 cm³/mol. The summed E-state index contributed by atoms with van der Waals surface area (Å²) in [5.74, 6) is 3.07. The second-order valence-corrected chi connectivity index (χ2v) is 7.19. The molecule has 1 aliphatic carbocycles. The molecular weight excluding hydrogens is 276 g/mol. The van der Waals surface area contributed by atoms with Crippen molar-refractivity contribution in [2.75, 3.05) is 26.0 Å². The number of methoxy groups -OCH3 is 1. The first-order valence-electron chi connectivity index (χ1n) is 7.11. The SMILES string of the molecule is CCCSCc1nc(C2CC2)c(CNCCOC)s1. The topological polar surface area (TPSA) is 34.2 Å². The maximum absolute atomic E-state index is 5.06. The van der Waals surface area contributed by atoms with Gasteiger partial charge in [-0.05, 0) is 25.0 Å². The van der Waals surface area contributed by atoms with Crippen molar-refractivity contribution < 1.29 is 4.74 Å². The van der Waals surface area contributed by atoms with Gasteiger partial charge >= 0.3 is 0 Å². The van der Waals surface area contributed by atoms with Gasteiger partial charge in [-0.15, -0.1) is 11.3 Å². The summed E-state index contributed by atoms with van der Waals surface area (Å²) in [7, 11) is 1.74. The maximum Gasteiger partial charge on any atom is 0.103 e. The van der Waals surface area contributed by atoms with Crippen LogP contribution in [0.5, 0.6) is 0 Å². The average Bonchev–Trinajstić information content (AvgIpc) is 3.18. The molecule has 0 radical (unpaired) electrons. The zero-order chi connectivity index (χ0) is 13.5. The van der Waals surface area contributed by atoms with E-state index in [2.05, 4.69) is 12.2 Å². The highest BCUT2D eigenvalue weighted by atomic mass is 32.2. The minimum absolute atomic E-state index is 0.750. The third kappa shape index (κ3) is 5.06. The van der Waals surface area contributed by atoms with Gasteiger partial charge in [0, 0.05) is 36.7 Å². The molecule has 1 fully saturated rings. The molecule has 1 aromatic rings. The van der Waals surface area contributed by atoms with Gasteiger partial charge in [0.15, 0.2) is 0 Å². The first kappa shape index (κ1) is 15.3. The van der Waals surface area contributed by atoms with Gasteiger partial charge in [-0.25, -0.2) is 4.98 Å². The van der Waals surface area contributed by atoms with Crippen LogP contribution in [0.3, 0.4) is 0 Å². The lowest BCUT2D eigenvalue weighted by Gasteiger charge is -2.03. The van der Waals surface area contributed by atoms with Crippen molar-refractivity contribution in [3.63, 3.8) is 0 Å². The Bertz CT molecular complexity index is 378. The first-order chi connectivity index (χ1) is 9.35. The zero-order valence-corrected chi connectivity index (χ0v) is 13.5. The van der Waals surface area contributed by atoms with E-state index in [1.807, 2.05) is 23.1 Å². The van der Waals surface area contributed by atoms with E-state index in [1.54, 1.807) is 7.11 Å². The lowest BCUT2D eigenvalue weighted by molar-refractivity contribution is 0.199. The quantitative estimate of drug-likeness (QED) is 0.672. The molecule has 0 atom stereocenters. The fourth-order valence-electron chi connectivity index (χ4n) is 1.96. The third-order valence-electron chi connectivity index (χ3n) is 3.08. The molecule has 1 aromatic heterocycles. The number of rotatable bonds is 10. The van der Waals surface area contributed by atoms with Crippen LogP contribution < -0.4 is 5.32 Å². The molecule has 1 saturated carbocycles. The molecule has 3 nitrogen and oxygen atoms in total. The standard InChI is InChI=1S/C14H24N2OS2/c1-3-8-18-10-13-16-14(11-4-5-11)12(19-13)9-15-6-7-17-2/h11,15H,3-10H2,1-2H3. The zero-order valence-electron chi connectivity index (χ0n) is 11.9. The van der Waals surface area contributed by atoms with Crippen LogP contribution in [0.25, 0.3) is 0 Å². The molecule has 1 N–H and O–H groups in total. The highest BCUT2D eigenvalue weighted by Gasteiger charge is 2.29. The molecular formula is C14H24N2OS2. The fraction of sp³-hybridized carbons (Fsp3) is 0.786. The van der Waals surface area contributed by atoms with Gasteiger partial charge in [0.05, 0.1) is 12.3 Å². The van der Waals surface area contributed by atoms with Gasteiger partial charge in [0.2, 0.25) is 0 Å². The van der Waals surface area contributed by atoms with E-state index in [-0.39, 0.29) is 0 Å². The number of hydrogen-bond donors (Lipinski definition) is 1. The molecule has 2 rings (SSSR count). The number of hydrogen-bond acceptors (Lipinski definition) is 5. The first-order valence-corrected chi connectivity index (χ1v) is 9.08. The van der Waals surface area contributed by atoms with E-state index in [1.165, 1.54) is 40.6 Å². The van der Waals surface area contributed by atoms with Gasteiger partial charge in [-0.2, -0.15) is 11.8 Å². The summed E-state index contributed by atoms with van der Waals surface area (Å²) in [6, 6.07) is 0. The molecule has 1 heterocycles. The summed E-state index contributed by atoms with van der Waals surface area (Å²) >= 11 is 3.90. The van der Waals surface area contributed by atoms with Crippen LogP contribution in [0.4, 0.5) is 0 Å². The average molecular weight is 300 g/mol. The monoisotopic (exact) mass is 300 g/mol. The van der Waals surface area contributed by atoms with Crippen molar-refractivity contribution in [2.24, 2.45) is 0 Å². The predicted octanol–water partition coefficient (Wildman–Crippen LogP) is 3.40. The second-order valence-electron chi connectivity index (χ2n) is 4.91. The Morgan fingerprint density at radius 3 is 3.00 bits per heavy atom. The van der Waals surface area contributed by atoms with Gasteiger partial charge in [-0.3, -0.25) is 0 Å². The Kier molecular flexibility index (Phi) is 6.64. The van der Waals surface area contributed by atoms with E-state index >= 15 is 0 Å². The fourth-order valence-corrected chi connectivity index (χ4v) is 4.04. The van der Waals surface area contributed by atoms with Crippen LogP contribution in [0, 0.1) is 0 Å². The van der Waals surface area contributed by atoms with Crippen LogP contribution in [0.2, 0.25) is 0 Å². The van der Waals surface area contributed by atoms with Crippen LogP contribution in [0.1, 0.15) is 47.7 Å². The van der Waals surface area contributed by atoms with E-state index in [9.17, 15) is 0 Å². The summed E-state index contributed by atoms with van der Waals surface area (Å²) in [5, 5.41) is 4.75. The third-order valence-corrected chi connectivity index (χ3v) is 5.51. The largest absolute Gasteiger partial charge is 0.383 e. The van der Waals surface area contributed by atoms with Crippen molar-refractivity contribution in [1.29, 1.82) is 0 Å². The van der Waals surface area contributed by atoms with Crippen molar-refractivity contribution in [3.05, 3.63) is 15.6 Å². The van der Waals surface area contributed by atoms with Crippen LogP contribution in [-0.4, -0.2) is 31.0 Å². The summed E-state index contributed by atoms with van der Waals surface area (Å²) < 4.78 is 5.06. The molecule has 1 aliphatic rings. The number of ether oxygens (including phenoxy) is 1. The van der Waals surface area contributed by atoms with Crippen LogP contribution >= 0.6 is 23.1 Å². The Hall–Kier alpha value is -0.100. The van der Waals surface area contributed by atoms with Crippen molar-refractivity contribution in [2.45, 2.75) is 44.4 Å². The number of thioether (sulfide) groups is 1. The number of nitrogens with zero attached hydrogens (tertiary/aromatic N) is 1. The van der Waals surface area contributed by atoms with Crippen molar-refractivity contribution >= 4 is 23.1 Å². The van der Waals surface area contributed by atoms with Gasteiger partial charge in [0.1, 0.15) is 5.01 Å². The molecule has 0 bridgehead atoms. The lowest BCUT2D eigenvalue weighted by atomic mass is 10.2. The molecule has 0 spiro atoms. The Balaban J connectivity index is 1.87. The van der Waals surface area contributed by atoms with E-state index in [4.69, 9.17) is 9.72 Å². The maximum atomic E-state index is 5.06. The normalized spacial score (nSPS) is 15.1. The molecule has 0 aliphatic heterocycles. The number of aromatic nitrogens is 1. The highest BCUT2D eigenvalue weighted by molar-refractivity contribution is 7.98. The molecule has 0 aromatic carbocycles. The summed E-state index contributed by atoms with van der Waals surface area (Å²) in [5.41, 5.74) is 1.38. The smallest absolute Gasteiger partial charge is 0.103 e. The van der Waals surface area contributed by atoms with E-state index in [0.717, 1.165) is 31.4 Å². The molecule has 108 valence electrons. The minimum atomic E-state index is 0.750. The Labute approximate surface area is 124 Å². The minimum Gasteiger partial charge on any atom is -0.383 e. The van der Waals surface area contributed by atoms with Crippen LogP contribution in [0.15, 0.2) is 0 Å². The Morgan fingerprint density at radius 2 is 2.32 bits per heavy atom. The molecule has 0 saturated heterocycles. The lowest BCUT2D eigenvalue weighted by Crippen LogP contribution is -2.18. The van der Waals surface area contributed by atoms with E-state index in [0.29, 0.717) is 0 Å². The summed E-state index contributed by atoms with van der Waals surface area (Å²) in [6.45, 7) is 4.87. The van der Waals surface area contributed by atoms with Crippen LogP contribution in [-0.2, 0) is 17.0 Å².